The minimum Gasteiger partial charge on any atom is -0.419 e. The quantitative estimate of drug-likeness (QED) is 0.551. The van der Waals surface area contributed by atoms with Crippen molar-refractivity contribution >= 4 is 10.5 Å². The Balaban J connectivity index is 2.09. The van der Waals surface area contributed by atoms with E-state index in [0.29, 0.717) is 26.2 Å². The van der Waals surface area contributed by atoms with Crippen LogP contribution in [-0.4, -0.2) is 35.4 Å². The van der Waals surface area contributed by atoms with E-state index in [9.17, 15) is 5.11 Å². The first-order chi connectivity index (χ1) is 7.84. The Kier molecular flexibility index (Phi) is 7.08. The van der Waals surface area contributed by atoms with Gasteiger partial charge in [0, 0.05) is 26.2 Å². The largest absolute Gasteiger partial charge is 0.419 e. The van der Waals surface area contributed by atoms with Gasteiger partial charge in [0.05, 0.1) is 6.10 Å². The third-order valence-corrected chi connectivity index (χ3v) is 2.46. The van der Waals surface area contributed by atoms with Gasteiger partial charge in [0.15, 0.2) is 0 Å². The lowest BCUT2D eigenvalue weighted by Crippen LogP contribution is -2.05. The molecule has 0 aliphatic carbocycles. The van der Waals surface area contributed by atoms with Crippen molar-refractivity contribution in [1.29, 1.82) is 0 Å². The fourth-order valence-corrected chi connectivity index (χ4v) is 1.52. The molecule has 0 heterocycles. The van der Waals surface area contributed by atoms with Gasteiger partial charge in [-0.25, -0.2) is 0 Å². The molecule has 4 heteroatoms. The molecule has 0 fully saturated rings. The minimum absolute atomic E-state index is 0.437. The zero-order valence-electron chi connectivity index (χ0n) is 9.26. The van der Waals surface area contributed by atoms with E-state index in [0.717, 1.165) is 12.0 Å². The molecule has 1 rings (SSSR count). The van der Waals surface area contributed by atoms with Crippen molar-refractivity contribution in [3.05, 3.63) is 35.9 Å². The first kappa shape index (κ1) is 13.4. The van der Waals surface area contributed by atoms with Gasteiger partial charge in [-0.1, -0.05) is 30.3 Å². The Morgan fingerprint density at radius 1 is 1.12 bits per heavy atom. The Hall–Kier alpha value is -0.683. The second-order valence-corrected chi connectivity index (χ2v) is 3.82. The van der Waals surface area contributed by atoms with Crippen molar-refractivity contribution < 1.29 is 14.3 Å². The molecule has 0 saturated carbocycles. The van der Waals surface area contributed by atoms with Crippen molar-refractivity contribution in [3.8, 4) is 0 Å². The van der Waals surface area contributed by atoms with E-state index in [1.165, 1.54) is 0 Å². The summed E-state index contributed by atoms with van der Waals surface area (Å²) in [6.45, 7) is 1.86. The highest BCUT2D eigenvalue weighted by atomic mass is 28.2. The van der Waals surface area contributed by atoms with Gasteiger partial charge in [0.25, 0.3) is 0 Å². The van der Waals surface area contributed by atoms with Crippen molar-refractivity contribution in [1.82, 2.24) is 0 Å². The summed E-state index contributed by atoms with van der Waals surface area (Å²) < 4.78 is 10.1. The van der Waals surface area contributed by atoms with E-state index in [1.54, 1.807) is 0 Å². The average Bonchev–Trinajstić information content (AvgIpc) is 2.34. The molecule has 1 aromatic rings. The van der Waals surface area contributed by atoms with Crippen LogP contribution in [-0.2, 0) is 9.16 Å². The van der Waals surface area contributed by atoms with Gasteiger partial charge in [-0.15, -0.1) is 0 Å². The summed E-state index contributed by atoms with van der Waals surface area (Å²) in [5.74, 6) is 0. The van der Waals surface area contributed by atoms with Gasteiger partial charge in [-0.2, -0.15) is 0 Å². The zero-order valence-corrected chi connectivity index (χ0v) is 10.3. The van der Waals surface area contributed by atoms with Crippen LogP contribution in [0.1, 0.15) is 24.5 Å². The fraction of sp³-hybridized carbons (Fsp3) is 0.500. The molecule has 3 nitrogen and oxygen atoms in total. The van der Waals surface area contributed by atoms with Crippen LogP contribution in [0.15, 0.2) is 30.3 Å². The number of aliphatic hydroxyl groups excluding tert-OH is 1. The topological polar surface area (TPSA) is 38.7 Å². The fourth-order valence-electron chi connectivity index (χ4n) is 1.37. The summed E-state index contributed by atoms with van der Waals surface area (Å²) in [6, 6.07) is 9.62. The van der Waals surface area contributed by atoms with E-state index >= 15 is 0 Å². The van der Waals surface area contributed by atoms with Crippen LogP contribution in [0, 0.1) is 0 Å². The smallest absolute Gasteiger partial charge is 0.246 e. The monoisotopic (exact) mass is 237 g/mol. The highest BCUT2D eigenvalue weighted by Gasteiger charge is 2.05. The van der Waals surface area contributed by atoms with E-state index in [-0.39, 0.29) is 0 Å². The number of hydrogen-bond donors (Lipinski definition) is 1. The third kappa shape index (κ3) is 5.41. The Labute approximate surface area is 99.9 Å². The molecule has 1 aromatic carbocycles. The number of benzene rings is 1. The van der Waals surface area contributed by atoms with E-state index in [1.807, 2.05) is 30.3 Å². The zero-order chi connectivity index (χ0) is 11.6. The molecule has 0 saturated heterocycles. The summed E-state index contributed by atoms with van der Waals surface area (Å²) >= 11 is 0. The average molecular weight is 237 g/mol. The van der Waals surface area contributed by atoms with E-state index in [2.05, 4.69) is 10.5 Å². The number of rotatable bonds is 8. The molecule has 0 spiro atoms. The standard InChI is InChI=1S/C12H17O3Si/c13-12(11-5-2-1-3-6-11)7-10-14-8-4-9-15-16/h1-3,5-6,12-13H,4,7-10H2. The molecule has 0 aliphatic rings. The molecular weight excluding hydrogens is 220 g/mol. The summed E-state index contributed by atoms with van der Waals surface area (Å²) in [4.78, 5) is 0. The van der Waals surface area contributed by atoms with Crippen LogP contribution in [0.2, 0.25) is 0 Å². The van der Waals surface area contributed by atoms with Crippen LogP contribution in [0.25, 0.3) is 0 Å². The summed E-state index contributed by atoms with van der Waals surface area (Å²) in [5.41, 5.74) is 0.939. The number of aliphatic hydroxyl groups is 1. The van der Waals surface area contributed by atoms with Gasteiger partial charge in [0.2, 0.25) is 10.5 Å². The van der Waals surface area contributed by atoms with Crippen LogP contribution in [0.5, 0.6) is 0 Å². The van der Waals surface area contributed by atoms with Crippen molar-refractivity contribution in [2.24, 2.45) is 0 Å². The minimum atomic E-state index is -0.437. The van der Waals surface area contributed by atoms with E-state index < -0.39 is 6.10 Å². The highest BCUT2D eigenvalue weighted by Crippen LogP contribution is 2.15. The molecule has 0 aliphatic heterocycles. The predicted octanol–water partition coefficient (Wildman–Crippen LogP) is 1.62. The maximum absolute atomic E-state index is 9.81. The lowest BCUT2D eigenvalue weighted by atomic mass is 10.1. The van der Waals surface area contributed by atoms with Crippen LogP contribution in [0.4, 0.5) is 0 Å². The molecular formula is C12H17O3Si. The summed E-state index contributed by atoms with van der Waals surface area (Å²) in [7, 11) is 2.92. The second-order valence-electron chi connectivity index (χ2n) is 3.53. The number of hydrogen-bond acceptors (Lipinski definition) is 3. The number of ether oxygens (including phenoxy) is 1. The Morgan fingerprint density at radius 3 is 2.56 bits per heavy atom. The molecule has 0 amide bonds. The Bertz CT molecular complexity index is 266. The van der Waals surface area contributed by atoms with Crippen LogP contribution >= 0.6 is 0 Å². The lowest BCUT2D eigenvalue weighted by molar-refractivity contribution is 0.0760. The molecule has 87 valence electrons. The van der Waals surface area contributed by atoms with Crippen LogP contribution < -0.4 is 0 Å². The second kappa shape index (κ2) is 8.47. The van der Waals surface area contributed by atoms with Gasteiger partial charge >= 0.3 is 0 Å². The highest BCUT2D eigenvalue weighted by molar-refractivity contribution is 5.97. The first-order valence-electron chi connectivity index (χ1n) is 5.44. The SMILES string of the molecule is OC(CCOCCCO[Si])c1ccccc1. The van der Waals surface area contributed by atoms with Crippen molar-refractivity contribution in [2.75, 3.05) is 19.8 Å². The summed E-state index contributed by atoms with van der Waals surface area (Å²) in [6.07, 6.45) is 1.04. The van der Waals surface area contributed by atoms with Gasteiger partial charge < -0.3 is 14.3 Å². The molecule has 16 heavy (non-hydrogen) atoms. The molecule has 1 atom stereocenters. The molecule has 0 bridgehead atoms. The molecule has 0 aromatic heterocycles. The van der Waals surface area contributed by atoms with Gasteiger partial charge in [-0.05, 0) is 12.0 Å². The summed E-state index contributed by atoms with van der Waals surface area (Å²) in [5, 5.41) is 9.81. The maximum atomic E-state index is 9.81. The van der Waals surface area contributed by atoms with Gasteiger partial charge in [-0.3, -0.25) is 0 Å². The molecule has 1 unspecified atom stereocenters. The predicted molar refractivity (Wildman–Crippen MR) is 63.2 cm³/mol. The van der Waals surface area contributed by atoms with Crippen molar-refractivity contribution in [2.45, 2.75) is 18.9 Å². The maximum Gasteiger partial charge on any atom is 0.246 e. The van der Waals surface area contributed by atoms with Crippen LogP contribution in [0.3, 0.4) is 0 Å². The first-order valence-corrected chi connectivity index (χ1v) is 5.84. The Morgan fingerprint density at radius 2 is 1.88 bits per heavy atom. The lowest BCUT2D eigenvalue weighted by Gasteiger charge is -2.10. The molecule has 3 radical (unpaired) electrons. The van der Waals surface area contributed by atoms with E-state index in [4.69, 9.17) is 9.16 Å². The normalized spacial score (nSPS) is 12.6. The van der Waals surface area contributed by atoms with Crippen molar-refractivity contribution in [3.63, 3.8) is 0 Å². The molecule has 1 N–H and O–H groups in total. The third-order valence-electron chi connectivity index (χ3n) is 2.26. The van der Waals surface area contributed by atoms with Gasteiger partial charge in [0.1, 0.15) is 0 Å².